The molecule has 6 rings (SSSR count). The number of rotatable bonds is 7. The molecule has 1 saturated carbocycles. The fourth-order valence-electron chi connectivity index (χ4n) is 8.35. The molecule has 10 nitrogen and oxygen atoms in total. The molecule has 1 aliphatic carbocycles. The van der Waals surface area contributed by atoms with E-state index in [9.17, 15) is 13.2 Å². The van der Waals surface area contributed by atoms with Crippen molar-refractivity contribution in [3.8, 4) is 5.75 Å². The van der Waals surface area contributed by atoms with E-state index in [-0.39, 0.29) is 11.8 Å². The molecule has 2 aromatic rings. The molecule has 0 spiro atoms. The van der Waals surface area contributed by atoms with Crippen LogP contribution in [0.25, 0.3) is 0 Å². The number of fused-ring (bicyclic) bond motifs is 3. The van der Waals surface area contributed by atoms with Gasteiger partial charge in [-0.1, -0.05) is 36.7 Å². The molecule has 12 heteroatoms. The first-order valence-electron chi connectivity index (χ1n) is 18.9. The zero-order chi connectivity index (χ0) is 37.0. The van der Waals surface area contributed by atoms with E-state index in [0.29, 0.717) is 47.9 Å². The van der Waals surface area contributed by atoms with Gasteiger partial charge in [-0.25, -0.2) is 13.1 Å². The summed E-state index contributed by atoms with van der Waals surface area (Å²) in [6.07, 6.45) is 9.83. The number of carbonyl (C=O) groups excluding carboxylic acids is 1. The molecule has 0 radical (unpaired) electrons. The van der Waals surface area contributed by atoms with E-state index in [2.05, 4.69) is 38.6 Å². The average Bonchev–Trinajstić information content (AvgIpc) is 3.12. The highest BCUT2D eigenvalue weighted by Gasteiger charge is 2.49. The van der Waals surface area contributed by atoms with Crippen LogP contribution in [0.2, 0.25) is 5.02 Å². The summed E-state index contributed by atoms with van der Waals surface area (Å²) in [7, 11) is 1.78. The Balaban J connectivity index is 1.35. The molecule has 1 amide bonds. The maximum absolute atomic E-state index is 13.6. The normalized spacial score (nSPS) is 29.4. The van der Waals surface area contributed by atoms with E-state index in [0.717, 1.165) is 82.6 Å². The Morgan fingerprint density at radius 2 is 1.87 bits per heavy atom. The smallest absolute Gasteiger partial charge is 0.264 e. The number of halogens is 1. The number of nitrogens with one attached hydrogen (secondary N) is 1. The third kappa shape index (κ3) is 8.66. The van der Waals surface area contributed by atoms with Crippen LogP contribution in [-0.2, 0) is 32.5 Å². The lowest BCUT2D eigenvalue weighted by Crippen LogP contribution is -2.64. The third-order valence-electron chi connectivity index (χ3n) is 12.2. The summed E-state index contributed by atoms with van der Waals surface area (Å²) in [5, 5.41) is -0.0672. The van der Waals surface area contributed by atoms with Crippen molar-refractivity contribution in [2.75, 3.05) is 72.0 Å². The molecule has 0 unspecified atom stereocenters. The molecule has 3 heterocycles. The molecule has 286 valence electrons. The zero-order valence-electron chi connectivity index (χ0n) is 31.5. The molecule has 2 aromatic carbocycles. The Hall–Kier alpha value is -2.67. The quantitative estimate of drug-likeness (QED) is 0.353. The first kappa shape index (κ1) is 39.0. The summed E-state index contributed by atoms with van der Waals surface area (Å²) in [6.45, 7) is 9.84. The van der Waals surface area contributed by atoms with Crippen LogP contribution in [0.15, 0.2) is 48.6 Å². The van der Waals surface area contributed by atoms with Crippen molar-refractivity contribution in [2.45, 2.75) is 75.9 Å². The van der Waals surface area contributed by atoms with E-state index in [1.165, 1.54) is 5.56 Å². The second kappa shape index (κ2) is 16.8. The van der Waals surface area contributed by atoms with E-state index in [4.69, 9.17) is 25.8 Å². The van der Waals surface area contributed by atoms with Gasteiger partial charge in [0.2, 0.25) is 10.0 Å². The molecule has 2 bridgehead atoms. The minimum atomic E-state index is -3.96. The Morgan fingerprint density at radius 3 is 2.60 bits per heavy atom. The highest BCUT2D eigenvalue weighted by molar-refractivity contribution is 7.90. The molecular formula is C40H57ClN4O6S. The molecule has 2 fully saturated rings. The fraction of sp³-hybridized carbons (Fsp3) is 0.625. The van der Waals surface area contributed by atoms with Crippen molar-refractivity contribution in [1.29, 1.82) is 0 Å². The van der Waals surface area contributed by atoms with E-state index in [1.807, 2.05) is 44.4 Å². The number of anilines is 1. The predicted molar refractivity (Wildman–Crippen MR) is 207 cm³/mol. The van der Waals surface area contributed by atoms with Crippen LogP contribution in [0.1, 0.15) is 67.4 Å². The summed E-state index contributed by atoms with van der Waals surface area (Å²) in [6, 6.07) is 11.7. The topological polar surface area (TPSA) is 101 Å². The van der Waals surface area contributed by atoms with Gasteiger partial charge in [0.15, 0.2) is 0 Å². The number of likely N-dealkylation sites (N-methyl/N-ethyl adjacent to an activating group) is 1. The molecule has 52 heavy (non-hydrogen) atoms. The average molecular weight is 757 g/mol. The number of nitrogens with zero attached hydrogens (tertiary/aromatic N) is 3. The largest absolute Gasteiger partial charge is 0.487 e. The van der Waals surface area contributed by atoms with Gasteiger partial charge in [-0.15, -0.1) is 0 Å². The third-order valence-corrected chi connectivity index (χ3v) is 14.4. The number of sulfonamides is 1. The van der Waals surface area contributed by atoms with E-state index < -0.39 is 26.8 Å². The van der Waals surface area contributed by atoms with Crippen LogP contribution >= 0.6 is 11.6 Å². The number of amides is 1. The van der Waals surface area contributed by atoms with Crippen molar-refractivity contribution >= 4 is 33.2 Å². The van der Waals surface area contributed by atoms with Crippen molar-refractivity contribution < 1.29 is 27.4 Å². The monoisotopic (exact) mass is 756 g/mol. The Kier molecular flexibility index (Phi) is 12.6. The van der Waals surface area contributed by atoms with Crippen LogP contribution in [0.4, 0.5) is 5.69 Å². The van der Waals surface area contributed by atoms with Gasteiger partial charge in [-0.05, 0) is 112 Å². The lowest BCUT2D eigenvalue weighted by atomic mass is 9.63. The van der Waals surface area contributed by atoms with Gasteiger partial charge in [0, 0.05) is 70.1 Å². The molecule has 4 aliphatic rings. The Labute approximate surface area is 315 Å². The molecule has 5 atom stereocenters. The fourth-order valence-corrected chi connectivity index (χ4v) is 9.83. The number of aryl methyl sites for hydroxylation is 1. The minimum Gasteiger partial charge on any atom is -0.487 e. The SMILES string of the molecule is COCCN(C)C1CN(C[C@]2(OC)/C=C/C[C@H](C)[C@@H](C)S(=O)(=O)NC(=O)c3ccc4c(c3)N(CCCCc3cc(Cl)ccc3CO4)C[C@@H]3CC[C@H]32)C1. The number of carbonyl (C=O) groups is 1. The van der Waals surface area contributed by atoms with Gasteiger partial charge in [-0.3, -0.25) is 14.6 Å². The maximum atomic E-state index is 13.6. The molecule has 1 N–H and O–H groups in total. The van der Waals surface area contributed by atoms with Gasteiger partial charge in [0.25, 0.3) is 5.91 Å². The number of hydrogen-bond donors (Lipinski definition) is 1. The summed E-state index contributed by atoms with van der Waals surface area (Å²) in [5.41, 5.74) is 2.85. The number of allylic oxidation sites excluding steroid dienone is 1. The second-order valence-electron chi connectivity index (χ2n) is 15.5. The molecular weight excluding hydrogens is 700 g/mol. The Morgan fingerprint density at radius 1 is 1.06 bits per heavy atom. The summed E-state index contributed by atoms with van der Waals surface area (Å²) in [5.74, 6) is 0.437. The van der Waals surface area contributed by atoms with Crippen molar-refractivity contribution in [3.05, 3.63) is 70.3 Å². The maximum Gasteiger partial charge on any atom is 0.264 e. The van der Waals surface area contributed by atoms with Crippen molar-refractivity contribution in [1.82, 2.24) is 14.5 Å². The molecule has 0 aromatic heterocycles. The first-order chi connectivity index (χ1) is 24.9. The summed E-state index contributed by atoms with van der Waals surface area (Å²) in [4.78, 5) is 20.8. The molecule has 1 saturated heterocycles. The van der Waals surface area contributed by atoms with Crippen LogP contribution in [-0.4, -0.2) is 108 Å². The minimum absolute atomic E-state index is 0.224. The molecule has 3 aliphatic heterocycles. The van der Waals surface area contributed by atoms with Crippen LogP contribution < -0.4 is 14.4 Å². The number of likely N-dealkylation sites (tertiary alicyclic amines) is 1. The Bertz CT molecular complexity index is 1700. The lowest BCUT2D eigenvalue weighted by molar-refractivity contribution is -0.108. The number of methoxy groups -OCH3 is 2. The number of hydrogen-bond acceptors (Lipinski definition) is 9. The predicted octanol–water partition coefficient (Wildman–Crippen LogP) is 5.78. The number of benzene rings is 2. The number of ether oxygens (including phenoxy) is 3. The first-order valence-corrected chi connectivity index (χ1v) is 20.8. The van der Waals surface area contributed by atoms with Crippen molar-refractivity contribution in [3.63, 3.8) is 0 Å². The summed E-state index contributed by atoms with van der Waals surface area (Å²) >= 11 is 6.40. The lowest BCUT2D eigenvalue weighted by Gasteiger charge is -2.54. The van der Waals surface area contributed by atoms with E-state index in [1.54, 1.807) is 20.1 Å². The van der Waals surface area contributed by atoms with Gasteiger partial charge in [0.05, 0.1) is 17.5 Å². The van der Waals surface area contributed by atoms with Gasteiger partial charge < -0.3 is 19.1 Å². The van der Waals surface area contributed by atoms with Crippen LogP contribution in [0, 0.1) is 17.8 Å². The van der Waals surface area contributed by atoms with Crippen molar-refractivity contribution in [2.24, 2.45) is 17.8 Å². The van der Waals surface area contributed by atoms with Gasteiger partial charge in [-0.2, -0.15) is 0 Å². The second-order valence-corrected chi connectivity index (χ2v) is 18.0. The highest BCUT2D eigenvalue weighted by atomic mass is 35.5. The van der Waals surface area contributed by atoms with E-state index >= 15 is 0 Å². The van der Waals surface area contributed by atoms with Gasteiger partial charge in [0.1, 0.15) is 18.0 Å². The summed E-state index contributed by atoms with van der Waals surface area (Å²) < 4.78 is 48.0. The van der Waals surface area contributed by atoms with Crippen LogP contribution in [0.5, 0.6) is 5.75 Å². The zero-order valence-corrected chi connectivity index (χ0v) is 33.1. The van der Waals surface area contributed by atoms with Crippen LogP contribution in [0.3, 0.4) is 0 Å². The van der Waals surface area contributed by atoms with Gasteiger partial charge >= 0.3 is 0 Å². The standard InChI is InChI=1S/C40H57ClN4O6S/c1-28-9-8-17-40(50-5,27-44-24-35(25-44)43(3)19-20-49-4)36-15-12-32(36)23-45-18-7-6-10-30-21-34(41)14-11-33(30)26-51-38-16-13-31(22-37(38)45)39(46)42-52(47,48)29(28)2/h8,11,13-14,16-17,21-22,28-29,32,35-36H,6-7,9-10,12,15,18-20,23-27H2,1-5H3,(H,42,46)/b17-8+/t28-,29+,32-,36+,40+/m0/s1. The highest BCUT2D eigenvalue weighted by Crippen LogP contribution is 2.47.